The van der Waals surface area contributed by atoms with E-state index in [1.807, 2.05) is 36.6 Å². The van der Waals surface area contributed by atoms with Gasteiger partial charge in [-0.1, -0.05) is 18.2 Å². The Morgan fingerprint density at radius 1 is 1.28 bits per heavy atom. The fourth-order valence-electron chi connectivity index (χ4n) is 2.29. The van der Waals surface area contributed by atoms with Gasteiger partial charge in [0.05, 0.1) is 16.8 Å². The average molecular weight is 362 g/mol. The molecule has 1 heterocycles. The lowest BCUT2D eigenvalue weighted by Gasteiger charge is -2.26. The molecule has 2 rings (SSSR count). The van der Waals surface area contributed by atoms with Gasteiger partial charge in [0.2, 0.25) is 0 Å². The molecule has 0 unspecified atom stereocenters. The van der Waals surface area contributed by atoms with Gasteiger partial charge in [-0.05, 0) is 38.7 Å². The summed E-state index contributed by atoms with van der Waals surface area (Å²) in [7, 11) is 0. The number of rotatable bonds is 7. The third-order valence-corrected chi connectivity index (χ3v) is 4.34. The van der Waals surface area contributed by atoms with Crippen LogP contribution in [0.15, 0.2) is 41.4 Å². The molecule has 7 nitrogen and oxygen atoms in total. The normalized spacial score (nSPS) is 11.2. The number of hydrogen-bond acceptors (Lipinski definition) is 4. The number of carbonyl (C=O) groups excluding carboxylic acids is 1. The minimum atomic E-state index is -0.887. The molecule has 0 aliphatic carbocycles. The summed E-state index contributed by atoms with van der Waals surface area (Å²) >= 11 is 1.48. The molecule has 0 spiro atoms. The van der Waals surface area contributed by atoms with E-state index in [2.05, 4.69) is 15.7 Å². The Morgan fingerprint density at radius 3 is 2.56 bits per heavy atom. The average Bonchev–Trinajstić information content (AvgIpc) is 2.96. The number of aromatic nitrogens is 2. The number of benzene rings is 1. The number of carbonyl (C=O) groups is 2. The van der Waals surface area contributed by atoms with E-state index in [0.717, 1.165) is 10.6 Å². The monoisotopic (exact) mass is 362 g/mol. The van der Waals surface area contributed by atoms with Crippen molar-refractivity contribution in [3.63, 3.8) is 0 Å². The van der Waals surface area contributed by atoms with E-state index >= 15 is 0 Å². The molecule has 2 amide bonds. The topological polar surface area (TPSA) is 96.3 Å². The van der Waals surface area contributed by atoms with Gasteiger partial charge in [0, 0.05) is 12.0 Å². The molecule has 0 saturated heterocycles. The minimum Gasteiger partial charge on any atom is -0.481 e. The van der Waals surface area contributed by atoms with Crippen molar-refractivity contribution < 1.29 is 14.7 Å². The zero-order chi connectivity index (χ0) is 18.4. The van der Waals surface area contributed by atoms with Crippen molar-refractivity contribution in [3.05, 3.63) is 36.5 Å². The lowest BCUT2D eigenvalue weighted by Crippen LogP contribution is -2.46. The number of carboxylic acid groups (broad SMARTS) is 1. The molecule has 2 aromatic rings. The van der Waals surface area contributed by atoms with Crippen LogP contribution in [0.4, 0.5) is 10.6 Å². The molecule has 134 valence electrons. The molecule has 0 saturated carbocycles. The Morgan fingerprint density at radius 2 is 1.96 bits per heavy atom. The first kappa shape index (κ1) is 18.9. The molecule has 0 atom stereocenters. The second-order valence-electron chi connectivity index (χ2n) is 6.17. The lowest BCUT2D eigenvalue weighted by atomic mass is 9.99. The Hall–Kier alpha value is -2.48. The zero-order valence-corrected chi connectivity index (χ0v) is 15.3. The summed E-state index contributed by atoms with van der Waals surface area (Å²) in [5.41, 5.74) is 0.197. The molecule has 8 heteroatoms. The molecule has 1 aromatic heterocycles. The Kier molecular flexibility index (Phi) is 6.08. The standard InChI is InChI=1S/C17H22N4O3S/c1-17(2,10-9-14(22)23)20-16(24)19-15-13(25-3)11-18-21(15)12-7-5-4-6-8-12/h4-8,11H,9-10H2,1-3H3,(H,22,23)(H2,19,20,24). The number of carboxylic acids is 1. The van der Waals surface area contributed by atoms with Gasteiger partial charge in [0.1, 0.15) is 0 Å². The van der Waals surface area contributed by atoms with Crippen LogP contribution in [0.3, 0.4) is 0 Å². The van der Waals surface area contributed by atoms with E-state index < -0.39 is 17.5 Å². The summed E-state index contributed by atoms with van der Waals surface area (Å²) in [6.07, 6.45) is 3.93. The van der Waals surface area contributed by atoms with Gasteiger partial charge in [-0.15, -0.1) is 11.8 Å². The summed E-state index contributed by atoms with van der Waals surface area (Å²) in [5.74, 6) is -0.313. The molecule has 1 aromatic carbocycles. The molecule has 25 heavy (non-hydrogen) atoms. The SMILES string of the molecule is CSc1cnn(-c2ccccc2)c1NC(=O)NC(C)(C)CCC(=O)O. The predicted octanol–water partition coefficient (Wildman–Crippen LogP) is 3.36. The van der Waals surface area contributed by atoms with Crippen molar-refractivity contribution in [1.82, 2.24) is 15.1 Å². The zero-order valence-electron chi connectivity index (χ0n) is 14.4. The highest BCUT2D eigenvalue weighted by molar-refractivity contribution is 7.98. The van der Waals surface area contributed by atoms with Gasteiger partial charge in [0.15, 0.2) is 5.82 Å². The highest BCUT2D eigenvalue weighted by Crippen LogP contribution is 2.27. The Bertz CT molecular complexity index is 744. The molecule has 0 bridgehead atoms. The highest BCUT2D eigenvalue weighted by atomic mass is 32.2. The third-order valence-electron chi connectivity index (χ3n) is 3.60. The predicted molar refractivity (Wildman–Crippen MR) is 98.4 cm³/mol. The van der Waals surface area contributed by atoms with Crippen LogP contribution in [0, 0.1) is 0 Å². The largest absolute Gasteiger partial charge is 0.481 e. The second-order valence-corrected chi connectivity index (χ2v) is 7.01. The Labute approximate surface area is 150 Å². The summed E-state index contributed by atoms with van der Waals surface area (Å²) in [6, 6.07) is 9.10. The van der Waals surface area contributed by atoms with Crippen LogP contribution < -0.4 is 10.6 Å². The number of thioether (sulfide) groups is 1. The maximum Gasteiger partial charge on any atom is 0.320 e. The van der Waals surface area contributed by atoms with Crippen molar-refractivity contribution in [2.24, 2.45) is 0 Å². The summed E-state index contributed by atoms with van der Waals surface area (Å²) in [4.78, 5) is 24.0. The molecular formula is C17H22N4O3S. The van der Waals surface area contributed by atoms with Crippen molar-refractivity contribution in [2.45, 2.75) is 37.1 Å². The number of urea groups is 1. The number of aliphatic carboxylic acids is 1. The van der Waals surface area contributed by atoms with Crippen molar-refractivity contribution >= 4 is 29.6 Å². The van der Waals surface area contributed by atoms with Gasteiger partial charge in [-0.25, -0.2) is 9.48 Å². The number of anilines is 1. The summed E-state index contributed by atoms with van der Waals surface area (Å²) in [5, 5.41) is 18.8. The molecule has 3 N–H and O–H groups in total. The van der Waals surface area contributed by atoms with E-state index in [-0.39, 0.29) is 6.42 Å². The second kappa shape index (κ2) is 8.06. The van der Waals surface area contributed by atoms with Gasteiger partial charge in [-0.3, -0.25) is 10.1 Å². The Balaban J connectivity index is 2.15. The quantitative estimate of drug-likeness (QED) is 0.656. The smallest absolute Gasteiger partial charge is 0.320 e. The van der Waals surface area contributed by atoms with E-state index in [1.165, 1.54) is 11.8 Å². The van der Waals surface area contributed by atoms with E-state index in [9.17, 15) is 9.59 Å². The first-order valence-electron chi connectivity index (χ1n) is 7.81. The molecule has 0 aliphatic rings. The van der Waals surface area contributed by atoms with Gasteiger partial charge < -0.3 is 10.4 Å². The number of nitrogens with one attached hydrogen (secondary N) is 2. The number of hydrogen-bond donors (Lipinski definition) is 3. The lowest BCUT2D eigenvalue weighted by molar-refractivity contribution is -0.137. The van der Waals surface area contributed by atoms with Crippen LogP contribution in [0.1, 0.15) is 26.7 Å². The van der Waals surface area contributed by atoms with Crippen LogP contribution >= 0.6 is 11.8 Å². The highest BCUT2D eigenvalue weighted by Gasteiger charge is 2.23. The van der Waals surface area contributed by atoms with Crippen molar-refractivity contribution in [3.8, 4) is 5.69 Å². The first-order chi connectivity index (χ1) is 11.8. The number of nitrogens with zero attached hydrogens (tertiary/aromatic N) is 2. The molecule has 0 radical (unpaired) electrons. The third kappa shape index (κ3) is 5.25. The molecular weight excluding hydrogens is 340 g/mol. The van der Waals surface area contributed by atoms with Crippen molar-refractivity contribution in [2.75, 3.05) is 11.6 Å². The maximum absolute atomic E-state index is 12.4. The van der Waals surface area contributed by atoms with Gasteiger partial charge in [-0.2, -0.15) is 5.10 Å². The van der Waals surface area contributed by atoms with Crippen LogP contribution in [0.25, 0.3) is 5.69 Å². The van der Waals surface area contributed by atoms with Crippen LogP contribution in [0.2, 0.25) is 0 Å². The number of para-hydroxylation sites is 1. The molecule has 0 fully saturated rings. The van der Waals surface area contributed by atoms with Gasteiger partial charge >= 0.3 is 12.0 Å². The summed E-state index contributed by atoms with van der Waals surface area (Å²) < 4.78 is 1.66. The summed E-state index contributed by atoms with van der Waals surface area (Å²) in [6.45, 7) is 3.58. The van der Waals surface area contributed by atoms with E-state index in [0.29, 0.717) is 12.2 Å². The fourth-order valence-corrected chi connectivity index (χ4v) is 2.77. The fraction of sp³-hybridized carbons (Fsp3) is 0.353. The maximum atomic E-state index is 12.4. The van der Waals surface area contributed by atoms with E-state index in [4.69, 9.17) is 5.11 Å². The van der Waals surface area contributed by atoms with E-state index in [1.54, 1.807) is 24.7 Å². The van der Waals surface area contributed by atoms with Crippen LogP contribution in [0.5, 0.6) is 0 Å². The van der Waals surface area contributed by atoms with Crippen LogP contribution in [-0.4, -0.2) is 38.7 Å². The minimum absolute atomic E-state index is 0.00864. The first-order valence-corrected chi connectivity index (χ1v) is 9.03. The van der Waals surface area contributed by atoms with Crippen molar-refractivity contribution in [1.29, 1.82) is 0 Å². The van der Waals surface area contributed by atoms with Gasteiger partial charge in [0.25, 0.3) is 0 Å². The number of amides is 2. The molecule has 0 aliphatic heterocycles. The van der Waals surface area contributed by atoms with Crippen LogP contribution in [-0.2, 0) is 4.79 Å².